The predicted octanol–water partition coefficient (Wildman–Crippen LogP) is 1.60. The average molecular weight is 223 g/mol. The maximum absolute atomic E-state index is 8.60. The summed E-state index contributed by atoms with van der Waals surface area (Å²) >= 11 is 0. The molecule has 3 heteroatoms. The van der Waals surface area contributed by atoms with E-state index in [1.807, 2.05) is 26.0 Å². The third-order valence-electron chi connectivity index (χ3n) is 2.17. The van der Waals surface area contributed by atoms with Gasteiger partial charge in [0.05, 0.1) is 12.7 Å². The van der Waals surface area contributed by atoms with Crippen molar-refractivity contribution in [2.75, 3.05) is 19.7 Å². The van der Waals surface area contributed by atoms with Crippen LogP contribution in [0.3, 0.4) is 0 Å². The fourth-order valence-corrected chi connectivity index (χ4v) is 1.44. The second-order valence-electron chi connectivity index (χ2n) is 4.03. The first-order chi connectivity index (χ1) is 7.72. The van der Waals surface area contributed by atoms with Crippen LogP contribution in [0.4, 0.5) is 0 Å². The quantitative estimate of drug-likeness (QED) is 0.690. The van der Waals surface area contributed by atoms with Gasteiger partial charge in [-0.25, -0.2) is 0 Å². The highest BCUT2D eigenvalue weighted by Gasteiger charge is 1.97. The number of hydrogen-bond acceptors (Lipinski definition) is 3. The van der Waals surface area contributed by atoms with Crippen molar-refractivity contribution >= 4 is 0 Å². The second kappa shape index (κ2) is 7.25. The van der Waals surface area contributed by atoms with Crippen molar-refractivity contribution in [3.05, 3.63) is 29.8 Å². The molecule has 0 aliphatic carbocycles. The Morgan fingerprint density at radius 1 is 1.19 bits per heavy atom. The molecule has 0 aliphatic rings. The molecule has 3 nitrogen and oxygen atoms in total. The third-order valence-corrected chi connectivity index (χ3v) is 2.17. The van der Waals surface area contributed by atoms with Crippen LogP contribution in [0.15, 0.2) is 24.3 Å². The largest absolute Gasteiger partial charge is 0.491 e. The van der Waals surface area contributed by atoms with Crippen molar-refractivity contribution in [1.82, 2.24) is 5.32 Å². The Balaban J connectivity index is 2.33. The molecule has 0 aromatic heterocycles. The number of rotatable bonds is 7. The molecule has 0 amide bonds. The molecule has 0 saturated carbocycles. The molecule has 0 saturated heterocycles. The third kappa shape index (κ3) is 5.14. The zero-order valence-electron chi connectivity index (χ0n) is 10.1. The predicted molar refractivity (Wildman–Crippen MR) is 65.9 cm³/mol. The normalized spacial score (nSPS) is 10.8. The van der Waals surface area contributed by atoms with Gasteiger partial charge in [0.2, 0.25) is 0 Å². The standard InChI is InChI=1S/C13H21NO2/c1-11(2)16-13-5-3-12(4-6-13)7-8-14-9-10-15/h3-6,11,14-15H,7-10H2,1-2H3. The van der Waals surface area contributed by atoms with Crippen LogP contribution in [-0.2, 0) is 6.42 Å². The van der Waals surface area contributed by atoms with Gasteiger partial charge in [-0.1, -0.05) is 12.1 Å². The molecule has 1 aromatic rings. The van der Waals surface area contributed by atoms with Crippen LogP contribution < -0.4 is 10.1 Å². The number of benzene rings is 1. The summed E-state index contributed by atoms with van der Waals surface area (Å²) in [4.78, 5) is 0. The molecule has 2 N–H and O–H groups in total. The molecule has 90 valence electrons. The minimum absolute atomic E-state index is 0.196. The van der Waals surface area contributed by atoms with Gasteiger partial charge < -0.3 is 15.2 Å². The summed E-state index contributed by atoms with van der Waals surface area (Å²) in [5.74, 6) is 0.919. The maximum atomic E-state index is 8.60. The van der Waals surface area contributed by atoms with Gasteiger partial charge in [0.1, 0.15) is 5.75 Å². The van der Waals surface area contributed by atoms with Crippen LogP contribution in [-0.4, -0.2) is 30.9 Å². The lowest BCUT2D eigenvalue weighted by Gasteiger charge is -2.10. The van der Waals surface area contributed by atoms with Crippen molar-refractivity contribution in [2.45, 2.75) is 26.4 Å². The highest BCUT2D eigenvalue weighted by atomic mass is 16.5. The van der Waals surface area contributed by atoms with Gasteiger partial charge >= 0.3 is 0 Å². The lowest BCUT2D eigenvalue weighted by atomic mass is 10.1. The number of ether oxygens (including phenoxy) is 1. The van der Waals surface area contributed by atoms with Crippen LogP contribution in [0.5, 0.6) is 5.75 Å². The van der Waals surface area contributed by atoms with Crippen LogP contribution in [0, 0.1) is 0 Å². The number of hydrogen-bond donors (Lipinski definition) is 2. The van der Waals surface area contributed by atoms with Crippen molar-refractivity contribution in [3.8, 4) is 5.75 Å². The fourth-order valence-electron chi connectivity index (χ4n) is 1.44. The zero-order chi connectivity index (χ0) is 11.8. The first-order valence-corrected chi connectivity index (χ1v) is 5.79. The summed E-state index contributed by atoms with van der Waals surface area (Å²) in [6.07, 6.45) is 1.19. The smallest absolute Gasteiger partial charge is 0.119 e. The lowest BCUT2D eigenvalue weighted by Crippen LogP contribution is -2.20. The molecule has 16 heavy (non-hydrogen) atoms. The highest BCUT2D eigenvalue weighted by Crippen LogP contribution is 2.13. The Morgan fingerprint density at radius 3 is 2.44 bits per heavy atom. The minimum Gasteiger partial charge on any atom is -0.491 e. The second-order valence-corrected chi connectivity index (χ2v) is 4.03. The number of nitrogens with one attached hydrogen (secondary N) is 1. The molecular weight excluding hydrogens is 202 g/mol. The van der Waals surface area contributed by atoms with Gasteiger partial charge in [0.25, 0.3) is 0 Å². The van der Waals surface area contributed by atoms with Gasteiger partial charge in [-0.2, -0.15) is 0 Å². The molecule has 1 rings (SSSR count). The molecule has 0 aliphatic heterocycles. The molecule has 0 heterocycles. The summed E-state index contributed by atoms with van der Waals surface area (Å²) < 4.78 is 5.56. The summed E-state index contributed by atoms with van der Waals surface area (Å²) in [5, 5.41) is 11.8. The molecule has 0 atom stereocenters. The van der Waals surface area contributed by atoms with Crippen molar-refractivity contribution < 1.29 is 9.84 Å². The average Bonchev–Trinajstić information content (AvgIpc) is 2.26. The van der Waals surface area contributed by atoms with Crippen molar-refractivity contribution in [3.63, 3.8) is 0 Å². The number of aliphatic hydroxyl groups is 1. The Labute approximate surface area is 97.4 Å². The maximum Gasteiger partial charge on any atom is 0.119 e. The zero-order valence-corrected chi connectivity index (χ0v) is 10.1. The highest BCUT2D eigenvalue weighted by molar-refractivity contribution is 5.27. The minimum atomic E-state index is 0.196. The Morgan fingerprint density at radius 2 is 1.88 bits per heavy atom. The van der Waals surface area contributed by atoms with E-state index in [-0.39, 0.29) is 12.7 Å². The number of aliphatic hydroxyl groups excluding tert-OH is 1. The van der Waals surface area contributed by atoms with E-state index in [1.54, 1.807) is 0 Å². The first kappa shape index (κ1) is 13.0. The van der Waals surface area contributed by atoms with Gasteiger partial charge in [0, 0.05) is 6.54 Å². The van der Waals surface area contributed by atoms with E-state index in [9.17, 15) is 0 Å². The van der Waals surface area contributed by atoms with Crippen LogP contribution in [0.2, 0.25) is 0 Å². The van der Waals surface area contributed by atoms with E-state index in [0.29, 0.717) is 6.54 Å². The van der Waals surface area contributed by atoms with Gasteiger partial charge in [-0.05, 0) is 44.5 Å². The van der Waals surface area contributed by atoms with E-state index < -0.39 is 0 Å². The SMILES string of the molecule is CC(C)Oc1ccc(CCNCCO)cc1. The molecule has 1 aromatic carbocycles. The molecular formula is C13H21NO2. The molecule has 0 spiro atoms. The first-order valence-electron chi connectivity index (χ1n) is 5.79. The summed E-state index contributed by atoms with van der Waals surface area (Å²) in [6.45, 7) is 5.79. The lowest BCUT2D eigenvalue weighted by molar-refractivity contribution is 0.242. The topological polar surface area (TPSA) is 41.5 Å². The Kier molecular flexibility index (Phi) is 5.90. The van der Waals surface area contributed by atoms with Crippen molar-refractivity contribution in [1.29, 1.82) is 0 Å². The van der Waals surface area contributed by atoms with E-state index in [1.165, 1.54) is 5.56 Å². The summed E-state index contributed by atoms with van der Waals surface area (Å²) in [5.41, 5.74) is 1.28. The van der Waals surface area contributed by atoms with Gasteiger partial charge in [0.15, 0.2) is 0 Å². The van der Waals surface area contributed by atoms with Crippen molar-refractivity contribution in [2.24, 2.45) is 0 Å². The van der Waals surface area contributed by atoms with Gasteiger partial charge in [-0.15, -0.1) is 0 Å². The van der Waals surface area contributed by atoms with Crippen LogP contribution >= 0.6 is 0 Å². The van der Waals surface area contributed by atoms with Crippen LogP contribution in [0.1, 0.15) is 19.4 Å². The monoisotopic (exact) mass is 223 g/mol. The van der Waals surface area contributed by atoms with E-state index in [2.05, 4.69) is 17.4 Å². The Hall–Kier alpha value is -1.06. The van der Waals surface area contributed by atoms with E-state index in [4.69, 9.17) is 9.84 Å². The van der Waals surface area contributed by atoms with E-state index >= 15 is 0 Å². The molecule has 0 unspecified atom stereocenters. The fraction of sp³-hybridized carbons (Fsp3) is 0.538. The van der Waals surface area contributed by atoms with E-state index in [0.717, 1.165) is 18.7 Å². The summed E-state index contributed by atoms with van der Waals surface area (Å²) in [6, 6.07) is 8.17. The van der Waals surface area contributed by atoms with Gasteiger partial charge in [-0.3, -0.25) is 0 Å². The Bertz CT molecular complexity index is 282. The summed E-state index contributed by atoms with van der Waals surface area (Å²) in [7, 11) is 0. The molecule has 0 bridgehead atoms. The van der Waals surface area contributed by atoms with Crippen LogP contribution in [0.25, 0.3) is 0 Å². The molecule has 0 radical (unpaired) electrons. The molecule has 0 fully saturated rings.